The minimum Gasteiger partial charge on any atom is -0.481 e. The number of aliphatic hydroxyl groups is 1. The van der Waals surface area contributed by atoms with Crippen LogP contribution in [-0.2, 0) is 9.59 Å². The molecule has 1 atom stereocenters. The van der Waals surface area contributed by atoms with Crippen molar-refractivity contribution in [2.75, 3.05) is 5.32 Å². The lowest BCUT2D eigenvalue weighted by molar-refractivity contribution is -0.139. The zero-order chi connectivity index (χ0) is 15.5. The number of hydrogen-bond donors (Lipinski definition) is 3. The number of nitrogens with one attached hydrogen (secondary N) is 1. The van der Waals surface area contributed by atoms with Crippen molar-refractivity contribution in [3.63, 3.8) is 0 Å². The van der Waals surface area contributed by atoms with Crippen LogP contribution in [0.2, 0.25) is 5.15 Å². The topological polar surface area (TPSA) is 99.5 Å². The molecular formula is C13H17ClN2O4. The molecule has 1 heterocycles. The third-order valence-corrected chi connectivity index (χ3v) is 2.77. The molecule has 0 radical (unpaired) electrons. The molecule has 1 rings (SSSR count). The van der Waals surface area contributed by atoms with Gasteiger partial charge in [-0.25, -0.2) is 4.98 Å². The SMILES string of the molecule is CC(C)(C)C(=O)Nc1cnc(Cl)cc1C(O)CC(=O)O. The fraction of sp³-hybridized carbons (Fsp3) is 0.462. The molecule has 20 heavy (non-hydrogen) atoms. The van der Waals surface area contributed by atoms with E-state index in [4.69, 9.17) is 16.7 Å². The average Bonchev–Trinajstić information content (AvgIpc) is 2.29. The number of halogens is 1. The zero-order valence-electron chi connectivity index (χ0n) is 11.5. The summed E-state index contributed by atoms with van der Waals surface area (Å²) >= 11 is 5.74. The summed E-state index contributed by atoms with van der Waals surface area (Å²) in [7, 11) is 0. The Morgan fingerprint density at radius 2 is 2.05 bits per heavy atom. The van der Waals surface area contributed by atoms with Gasteiger partial charge in [0.05, 0.1) is 24.4 Å². The van der Waals surface area contributed by atoms with Crippen LogP contribution in [0, 0.1) is 5.41 Å². The Morgan fingerprint density at radius 3 is 2.55 bits per heavy atom. The number of aliphatic carboxylic acids is 1. The fourth-order valence-electron chi connectivity index (χ4n) is 1.41. The summed E-state index contributed by atoms with van der Waals surface area (Å²) in [4.78, 5) is 26.4. The largest absolute Gasteiger partial charge is 0.481 e. The number of pyridine rings is 1. The van der Waals surface area contributed by atoms with Crippen LogP contribution in [0.15, 0.2) is 12.3 Å². The van der Waals surface area contributed by atoms with Crippen LogP contribution in [-0.4, -0.2) is 27.1 Å². The van der Waals surface area contributed by atoms with Gasteiger partial charge in [-0.2, -0.15) is 0 Å². The highest BCUT2D eigenvalue weighted by atomic mass is 35.5. The zero-order valence-corrected chi connectivity index (χ0v) is 12.2. The van der Waals surface area contributed by atoms with Crippen LogP contribution in [0.4, 0.5) is 5.69 Å². The van der Waals surface area contributed by atoms with E-state index in [0.717, 1.165) is 0 Å². The smallest absolute Gasteiger partial charge is 0.306 e. The second-order valence-corrected chi connectivity index (χ2v) is 5.80. The number of aliphatic hydroxyl groups excluding tert-OH is 1. The van der Waals surface area contributed by atoms with E-state index in [1.165, 1.54) is 12.3 Å². The molecule has 0 saturated carbocycles. The first-order valence-corrected chi connectivity index (χ1v) is 6.36. The Labute approximate surface area is 121 Å². The van der Waals surface area contributed by atoms with Crippen LogP contribution in [0.5, 0.6) is 0 Å². The van der Waals surface area contributed by atoms with E-state index in [1.54, 1.807) is 20.8 Å². The molecule has 1 aromatic heterocycles. The van der Waals surface area contributed by atoms with Gasteiger partial charge in [0.15, 0.2) is 0 Å². The van der Waals surface area contributed by atoms with Crippen molar-refractivity contribution in [3.05, 3.63) is 23.0 Å². The lowest BCUT2D eigenvalue weighted by Gasteiger charge is -2.20. The van der Waals surface area contributed by atoms with Gasteiger partial charge in [-0.05, 0) is 6.07 Å². The molecule has 3 N–H and O–H groups in total. The van der Waals surface area contributed by atoms with Crippen LogP contribution in [0.25, 0.3) is 0 Å². The van der Waals surface area contributed by atoms with E-state index < -0.39 is 23.9 Å². The van der Waals surface area contributed by atoms with Crippen molar-refractivity contribution in [1.29, 1.82) is 0 Å². The summed E-state index contributed by atoms with van der Waals surface area (Å²) in [6.45, 7) is 5.21. The Hall–Kier alpha value is -1.66. The van der Waals surface area contributed by atoms with Crippen molar-refractivity contribution in [3.8, 4) is 0 Å². The van der Waals surface area contributed by atoms with Crippen LogP contribution in [0.3, 0.4) is 0 Å². The third-order valence-electron chi connectivity index (χ3n) is 2.56. The Morgan fingerprint density at radius 1 is 1.45 bits per heavy atom. The van der Waals surface area contributed by atoms with Gasteiger partial charge in [-0.1, -0.05) is 32.4 Å². The van der Waals surface area contributed by atoms with Gasteiger partial charge in [0.2, 0.25) is 5.91 Å². The number of rotatable bonds is 4. The van der Waals surface area contributed by atoms with E-state index >= 15 is 0 Å². The Bertz CT molecular complexity index is 526. The summed E-state index contributed by atoms with van der Waals surface area (Å²) in [5.74, 6) is -1.43. The normalized spacial score (nSPS) is 12.8. The van der Waals surface area contributed by atoms with E-state index in [0.29, 0.717) is 0 Å². The Balaban J connectivity index is 3.07. The van der Waals surface area contributed by atoms with Crippen LogP contribution in [0.1, 0.15) is 38.9 Å². The number of carbonyl (C=O) groups excluding carboxylic acids is 1. The van der Waals surface area contributed by atoms with Gasteiger partial charge < -0.3 is 15.5 Å². The van der Waals surface area contributed by atoms with E-state index in [-0.39, 0.29) is 22.3 Å². The van der Waals surface area contributed by atoms with Crippen LogP contribution < -0.4 is 5.32 Å². The van der Waals surface area contributed by atoms with E-state index in [9.17, 15) is 14.7 Å². The van der Waals surface area contributed by atoms with E-state index in [2.05, 4.69) is 10.3 Å². The molecule has 0 aliphatic rings. The molecule has 6 nitrogen and oxygen atoms in total. The van der Waals surface area contributed by atoms with Gasteiger partial charge in [0.25, 0.3) is 0 Å². The summed E-state index contributed by atoms with van der Waals surface area (Å²) in [5.41, 5.74) is -0.151. The lowest BCUT2D eigenvalue weighted by atomic mass is 9.95. The monoisotopic (exact) mass is 300 g/mol. The van der Waals surface area contributed by atoms with Gasteiger partial charge in [-0.15, -0.1) is 0 Å². The number of carboxylic acids is 1. The molecule has 0 saturated heterocycles. The molecular weight excluding hydrogens is 284 g/mol. The third kappa shape index (κ3) is 4.47. The number of amides is 1. The predicted octanol–water partition coefficient (Wildman–Crippen LogP) is 2.23. The molecule has 0 fully saturated rings. The molecule has 110 valence electrons. The standard InChI is InChI=1S/C13H17ClN2O4/c1-13(2,3)12(20)16-8-6-15-10(14)4-7(8)9(17)5-11(18)19/h4,6,9,17H,5H2,1-3H3,(H,16,20)(H,18,19). The first-order valence-electron chi connectivity index (χ1n) is 5.98. The molecule has 1 amide bonds. The van der Waals surface area contributed by atoms with Gasteiger partial charge in [0.1, 0.15) is 5.15 Å². The highest BCUT2D eigenvalue weighted by Gasteiger charge is 2.24. The Kier molecular flexibility index (Phi) is 5.08. The maximum Gasteiger partial charge on any atom is 0.306 e. The van der Waals surface area contributed by atoms with Crippen molar-refractivity contribution in [1.82, 2.24) is 4.98 Å². The maximum absolute atomic E-state index is 11.9. The minimum atomic E-state index is -1.27. The summed E-state index contributed by atoms with van der Waals surface area (Å²) < 4.78 is 0. The van der Waals surface area contributed by atoms with Crippen molar-refractivity contribution in [2.24, 2.45) is 5.41 Å². The van der Waals surface area contributed by atoms with Crippen molar-refractivity contribution >= 4 is 29.2 Å². The highest BCUT2D eigenvalue weighted by molar-refractivity contribution is 6.29. The number of nitrogens with zero attached hydrogens (tertiary/aromatic N) is 1. The van der Waals surface area contributed by atoms with E-state index in [1.807, 2.05) is 0 Å². The number of anilines is 1. The summed E-state index contributed by atoms with van der Waals surface area (Å²) in [5, 5.41) is 21.3. The number of hydrogen-bond acceptors (Lipinski definition) is 4. The van der Waals surface area contributed by atoms with Crippen molar-refractivity contribution < 1.29 is 19.8 Å². The second kappa shape index (κ2) is 6.19. The van der Waals surface area contributed by atoms with Gasteiger partial charge >= 0.3 is 5.97 Å². The second-order valence-electron chi connectivity index (χ2n) is 5.41. The minimum absolute atomic E-state index is 0.109. The van der Waals surface area contributed by atoms with Crippen molar-refractivity contribution in [2.45, 2.75) is 33.3 Å². The first kappa shape index (κ1) is 16.4. The lowest BCUT2D eigenvalue weighted by Crippen LogP contribution is -2.28. The fourth-order valence-corrected chi connectivity index (χ4v) is 1.58. The average molecular weight is 301 g/mol. The molecule has 1 unspecified atom stereocenters. The summed E-state index contributed by atoms with van der Waals surface area (Å²) in [6.07, 6.45) is -0.464. The predicted molar refractivity (Wildman–Crippen MR) is 74.5 cm³/mol. The molecule has 7 heteroatoms. The molecule has 1 aromatic rings. The van der Waals surface area contributed by atoms with Gasteiger partial charge in [-0.3, -0.25) is 9.59 Å². The number of carboxylic acid groups (broad SMARTS) is 1. The molecule has 0 bridgehead atoms. The number of aromatic nitrogens is 1. The first-order chi connectivity index (χ1) is 9.11. The summed E-state index contributed by atoms with van der Waals surface area (Å²) in [6, 6.07) is 1.34. The quantitative estimate of drug-likeness (QED) is 0.740. The number of carbonyl (C=O) groups is 2. The maximum atomic E-state index is 11.9. The molecule has 0 aliphatic carbocycles. The molecule has 0 aliphatic heterocycles. The molecule has 0 spiro atoms. The highest BCUT2D eigenvalue weighted by Crippen LogP contribution is 2.28. The van der Waals surface area contributed by atoms with Gasteiger partial charge in [0, 0.05) is 11.0 Å². The van der Waals surface area contributed by atoms with Crippen LogP contribution >= 0.6 is 11.6 Å². The molecule has 0 aromatic carbocycles.